The highest BCUT2D eigenvalue weighted by Gasteiger charge is 2.45. The first-order valence-electron chi connectivity index (χ1n) is 8.44. The van der Waals surface area contributed by atoms with Gasteiger partial charge in [0, 0.05) is 7.11 Å². The van der Waals surface area contributed by atoms with E-state index < -0.39 is 36.5 Å². The first kappa shape index (κ1) is 19.0. The van der Waals surface area contributed by atoms with E-state index in [0.717, 1.165) is 0 Å². The molecular formula is C20H20O7. The third-order valence-corrected chi connectivity index (χ3v) is 4.14. The molecule has 0 unspecified atom stereocenters. The number of esters is 2. The van der Waals surface area contributed by atoms with Gasteiger partial charge < -0.3 is 24.1 Å². The lowest BCUT2D eigenvalue weighted by atomic mass is 10.0. The third-order valence-electron chi connectivity index (χ3n) is 4.14. The van der Waals surface area contributed by atoms with Crippen molar-refractivity contribution in [3.05, 3.63) is 71.8 Å². The Morgan fingerprint density at radius 3 is 1.85 bits per heavy atom. The predicted molar refractivity (Wildman–Crippen MR) is 94.0 cm³/mol. The zero-order chi connectivity index (χ0) is 19.2. The molecule has 7 nitrogen and oxygen atoms in total. The van der Waals surface area contributed by atoms with Crippen LogP contribution in [0.25, 0.3) is 0 Å². The van der Waals surface area contributed by atoms with Gasteiger partial charge in [0.05, 0.1) is 17.7 Å². The molecule has 1 aliphatic rings. The van der Waals surface area contributed by atoms with Crippen LogP contribution in [0, 0.1) is 0 Å². The van der Waals surface area contributed by atoms with Crippen LogP contribution in [0.4, 0.5) is 0 Å². The minimum absolute atomic E-state index is 0.120. The fourth-order valence-corrected chi connectivity index (χ4v) is 2.76. The minimum atomic E-state index is -1.17. The number of rotatable bonds is 5. The van der Waals surface area contributed by atoms with Gasteiger partial charge in [0.1, 0.15) is 6.10 Å². The summed E-state index contributed by atoms with van der Waals surface area (Å²) >= 11 is 0. The fourth-order valence-electron chi connectivity index (χ4n) is 2.76. The largest absolute Gasteiger partial charge is 0.452 e. The molecule has 2 aromatic rings. The van der Waals surface area contributed by atoms with Crippen LogP contribution in [0.15, 0.2) is 60.7 Å². The van der Waals surface area contributed by atoms with E-state index in [9.17, 15) is 14.7 Å². The molecule has 1 heterocycles. The fraction of sp³-hybridized carbons (Fsp3) is 0.300. The molecule has 0 spiro atoms. The van der Waals surface area contributed by atoms with Crippen LogP contribution in [0.2, 0.25) is 0 Å². The van der Waals surface area contributed by atoms with Gasteiger partial charge >= 0.3 is 11.9 Å². The van der Waals surface area contributed by atoms with Crippen molar-refractivity contribution in [3.63, 3.8) is 0 Å². The molecule has 4 atom stereocenters. The van der Waals surface area contributed by atoms with Crippen LogP contribution in [0.5, 0.6) is 0 Å². The molecule has 0 bridgehead atoms. The molecular weight excluding hydrogens is 352 g/mol. The van der Waals surface area contributed by atoms with Crippen LogP contribution in [-0.2, 0) is 18.9 Å². The number of hydrogen-bond acceptors (Lipinski definition) is 7. The average molecular weight is 372 g/mol. The van der Waals surface area contributed by atoms with Crippen LogP contribution in [0.1, 0.15) is 20.7 Å². The van der Waals surface area contributed by atoms with Crippen LogP contribution >= 0.6 is 0 Å². The maximum Gasteiger partial charge on any atom is 0.338 e. The Morgan fingerprint density at radius 1 is 0.889 bits per heavy atom. The number of benzene rings is 2. The summed E-state index contributed by atoms with van der Waals surface area (Å²) in [6.07, 6.45) is -4.41. The van der Waals surface area contributed by atoms with Gasteiger partial charge in [0.15, 0.2) is 18.5 Å². The summed E-state index contributed by atoms with van der Waals surface area (Å²) in [6, 6.07) is 16.7. The van der Waals surface area contributed by atoms with E-state index in [1.54, 1.807) is 60.7 Å². The van der Waals surface area contributed by atoms with Gasteiger partial charge in [-0.3, -0.25) is 0 Å². The van der Waals surface area contributed by atoms with Gasteiger partial charge in [-0.2, -0.15) is 0 Å². The number of ether oxygens (including phenoxy) is 4. The molecule has 0 saturated carbocycles. The van der Waals surface area contributed by atoms with Gasteiger partial charge in [-0.1, -0.05) is 36.4 Å². The lowest BCUT2D eigenvalue weighted by Gasteiger charge is -2.38. The molecule has 1 fully saturated rings. The summed E-state index contributed by atoms with van der Waals surface area (Å²) in [6.45, 7) is -0.120. The number of methoxy groups -OCH3 is 1. The summed E-state index contributed by atoms with van der Waals surface area (Å²) in [5.41, 5.74) is 0.638. The molecule has 0 radical (unpaired) electrons. The maximum atomic E-state index is 12.4. The Bertz CT molecular complexity index is 762. The van der Waals surface area contributed by atoms with E-state index in [2.05, 4.69) is 0 Å². The SMILES string of the molecule is CO[C@@H]1OC[C@H](O)[C@H](OC(=O)c2ccccc2)[C@H]1OC(=O)c1ccccc1. The number of carbonyl (C=O) groups is 2. The highest BCUT2D eigenvalue weighted by molar-refractivity contribution is 5.90. The number of aliphatic hydroxyl groups is 1. The second kappa shape index (κ2) is 8.77. The zero-order valence-electron chi connectivity index (χ0n) is 14.7. The lowest BCUT2D eigenvalue weighted by Crippen LogP contribution is -2.57. The molecule has 0 amide bonds. The van der Waals surface area contributed by atoms with Gasteiger partial charge in [0.2, 0.25) is 0 Å². The summed E-state index contributed by atoms with van der Waals surface area (Å²) in [5.74, 6) is -1.28. The molecule has 7 heteroatoms. The lowest BCUT2D eigenvalue weighted by molar-refractivity contribution is -0.260. The monoisotopic (exact) mass is 372 g/mol. The third kappa shape index (κ3) is 4.51. The van der Waals surface area contributed by atoms with Crippen molar-refractivity contribution in [1.29, 1.82) is 0 Å². The first-order valence-corrected chi connectivity index (χ1v) is 8.44. The number of carbonyl (C=O) groups excluding carboxylic acids is 2. The van der Waals surface area contributed by atoms with Crippen molar-refractivity contribution in [2.75, 3.05) is 13.7 Å². The van der Waals surface area contributed by atoms with Gasteiger partial charge in [0.25, 0.3) is 0 Å². The number of hydrogen-bond donors (Lipinski definition) is 1. The highest BCUT2D eigenvalue weighted by Crippen LogP contribution is 2.24. The highest BCUT2D eigenvalue weighted by atomic mass is 16.7. The molecule has 1 saturated heterocycles. The van der Waals surface area contributed by atoms with E-state index in [1.807, 2.05) is 0 Å². The Balaban J connectivity index is 1.79. The Morgan fingerprint density at radius 2 is 1.37 bits per heavy atom. The summed E-state index contributed by atoms with van der Waals surface area (Å²) in [5, 5.41) is 10.3. The molecule has 1 aliphatic heterocycles. The van der Waals surface area contributed by atoms with Gasteiger partial charge in [-0.15, -0.1) is 0 Å². The number of aliphatic hydroxyl groups excluding tert-OH is 1. The van der Waals surface area contributed by atoms with E-state index in [0.29, 0.717) is 11.1 Å². The minimum Gasteiger partial charge on any atom is -0.452 e. The molecule has 0 aliphatic carbocycles. The topological polar surface area (TPSA) is 91.3 Å². The zero-order valence-corrected chi connectivity index (χ0v) is 14.7. The Labute approximate surface area is 156 Å². The van der Waals surface area contributed by atoms with Crippen molar-refractivity contribution in [1.82, 2.24) is 0 Å². The Hall–Kier alpha value is -2.74. The smallest absolute Gasteiger partial charge is 0.338 e. The average Bonchev–Trinajstić information content (AvgIpc) is 2.72. The predicted octanol–water partition coefficient (Wildman–Crippen LogP) is 1.80. The molecule has 1 N–H and O–H groups in total. The molecule has 142 valence electrons. The second-order valence-corrected chi connectivity index (χ2v) is 5.98. The molecule has 2 aromatic carbocycles. The van der Waals surface area contributed by atoms with Crippen molar-refractivity contribution in [3.8, 4) is 0 Å². The van der Waals surface area contributed by atoms with E-state index >= 15 is 0 Å². The summed E-state index contributed by atoms with van der Waals surface area (Å²) in [7, 11) is 1.38. The summed E-state index contributed by atoms with van der Waals surface area (Å²) < 4.78 is 21.5. The Kier molecular flexibility index (Phi) is 6.18. The van der Waals surface area contributed by atoms with E-state index in [-0.39, 0.29) is 6.61 Å². The quantitative estimate of drug-likeness (QED) is 0.800. The first-order chi connectivity index (χ1) is 13.1. The standard InChI is InChI=1S/C20H20O7/c1-24-20-17(27-19(23)14-10-6-3-7-11-14)16(15(21)12-25-20)26-18(22)13-8-4-2-5-9-13/h2-11,15-17,20-21H,12H2,1H3/t15-,16-,17+,20+/m0/s1. The van der Waals surface area contributed by atoms with Crippen molar-refractivity contribution < 1.29 is 33.6 Å². The van der Waals surface area contributed by atoms with E-state index in [1.165, 1.54) is 7.11 Å². The second-order valence-electron chi connectivity index (χ2n) is 5.98. The normalized spacial score (nSPS) is 24.8. The van der Waals surface area contributed by atoms with Gasteiger partial charge in [-0.05, 0) is 24.3 Å². The van der Waals surface area contributed by atoms with Crippen molar-refractivity contribution >= 4 is 11.9 Å². The van der Waals surface area contributed by atoms with Gasteiger partial charge in [-0.25, -0.2) is 9.59 Å². The summed E-state index contributed by atoms with van der Waals surface area (Å²) in [4.78, 5) is 24.8. The molecule has 0 aromatic heterocycles. The van der Waals surface area contributed by atoms with Crippen LogP contribution in [0.3, 0.4) is 0 Å². The van der Waals surface area contributed by atoms with E-state index in [4.69, 9.17) is 18.9 Å². The molecule has 3 rings (SSSR count). The van der Waals surface area contributed by atoms with Crippen molar-refractivity contribution in [2.45, 2.75) is 24.6 Å². The van der Waals surface area contributed by atoms with Crippen molar-refractivity contribution in [2.24, 2.45) is 0 Å². The van der Waals surface area contributed by atoms with Crippen LogP contribution in [-0.4, -0.2) is 55.4 Å². The maximum absolute atomic E-state index is 12.4. The van der Waals surface area contributed by atoms with Crippen LogP contribution < -0.4 is 0 Å². The molecule has 27 heavy (non-hydrogen) atoms.